The van der Waals surface area contributed by atoms with E-state index in [4.69, 9.17) is 0 Å². The Morgan fingerprint density at radius 3 is 2.80 bits per heavy atom. The van der Waals surface area contributed by atoms with Gasteiger partial charge >= 0.3 is 6.09 Å². The monoisotopic (exact) mass is 421 g/mol. The van der Waals surface area contributed by atoms with E-state index in [0.717, 1.165) is 18.5 Å². The van der Waals surface area contributed by atoms with E-state index in [-0.39, 0.29) is 43.4 Å². The van der Waals surface area contributed by atoms with Gasteiger partial charge in [0.15, 0.2) is 5.65 Å². The van der Waals surface area contributed by atoms with Crippen LogP contribution in [0.5, 0.6) is 0 Å². The molecule has 1 saturated heterocycles. The lowest BCUT2D eigenvalue weighted by Gasteiger charge is -2.32. The fourth-order valence-electron chi connectivity index (χ4n) is 4.44. The van der Waals surface area contributed by atoms with Gasteiger partial charge < -0.3 is 15.7 Å². The van der Waals surface area contributed by atoms with Gasteiger partial charge in [-0.2, -0.15) is 5.10 Å². The van der Waals surface area contributed by atoms with Crippen LogP contribution in [0.15, 0.2) is 18.3 Å². The van der Waals surface area contributed by atoms with Crippen LogP contribution < -0.4 is 10.6 Å². The van der Waals surface area contributed by atoms with E-state index in [9.17, 15) is 23.5 Å². The Kier molecular flexibility index (Phi) is 5.57. The normalized spacial score (nSPS) is 23.1. The first-order valence-corrected chi connectivity index (χ1v) is 10.3. The maximum atomic E-state index is 13.5. The highest BCUT2D eigenvalue weighted by Crippen LogP contribution is 2.41. The predicted molar refractivity (Wildman–Crippen MR) is 103 cm³/mol. The van der Waals surface area contributed by atoms with Gasteiger partial charge in [0.1, 0.15) is 0 Å². The van der Waals surface area contributed by atoms with Crippen LogP contribution in [0.2, 0.25) is 0 Å². The number of hydrogen-bond donors (Lipinski definition) is 3. The summed E-state index contributed by atoms with van der Waals surface area (Å²) in [6.07, 6.45) is 2.64. The zero-order valence-electron chi connectivity index (χ0n) is 16.5. The highest BCUT2D eigenvalue weighted by Gasteiger charge is 2.39. The lowest BCUT2D eigenvalue weighted by molar-refractivity contribution is -0.126. The summed E-state index contributed by atoms with van der Waals surface area (Å²) in [5, 5.41) is 19.1. The van der Waals surface area contributed by atoms with Crippen molar-refractivity contribution in [2.45, 2.75) is 56.9 Å². The number of amides is 2. The van der Waals surface area contributed by atoms with E-state index in [1.807, 2.05) is 6.07 Å². The summed E-state index contributed by atoms with van der Waals surface area (Å²) in [6.45, 7) is 0.706. The molecule has 30 heavy (non-hydrogen) atoms. The molecule has 0 radical (unpaired) electrons. The van der Waals surface area contributed by atoms with E-state index in [2.05, 4.69) is 20.7 Å². The largest absolute Gasteiger partial charge is 0.465 e. The summed E-state index contributed by atoms with van der Waals surface area (Å²) in [6, 6.07) is 2.92. The maximum Gasteiger partial charge on any atom is 0.405 e. The number of aromatic nitrogens is 3. The number of carboxylic acid groups (broad SMARTS) is 1. The van der Waals surface area contributed by atoms with Crippen molar-refractivity contribution in [2.24, 2.45) is 11.8 Å². The molecule has 2 amide bonds. The second-order valence-corrected chi connectivity index (χ2v) is 8.25. The second kappa shape index (κ2) is 8.16. The lowest BCUT2D eigenvalue weighted by atomic mass is 9.81. The number of fused-ring (bicyclic) bond motifs is 1. The summed E-state index contributed by atoms with van der Waals surface area (Å²) >= 11 is 0. The van der Waals surface area contributed by atoms with Crippen LogP contribution in [0.4, 0.5) is 13.6 Å². The van der Waals surface area contributed by atoms with Gasteiger partial charge in [-0.05, 0) is 43.7 Å². The quantitative estimate of drug-likeness (QED) is 0.688. The molecule has 1 saturated carbocycles. The molecule has 8 nitrogen and oxygen atoms in total. The molecule has 2 aromatic heterocycles. The van der Waals surface area contributed by atoms with Gasteiger partial charge in [-0.25, -0.2) is 23.1 Å². The zero-order chi connectivity index (χ0) is 21.3. The van der Waals surface area contributed by atoms with Crippen LogP contribution in [-0.2, 0) is 11.2 Å². The number of alkyl halides is 2. The van der Waals surface area contributed by atoms with E-state index in [1.54, 1.807) is 16.8 Å². The summed E-state index contributed by atoms with van der Waals surface area (Å²) < 4.78 is 28.7. The highest BCUT2D eigenvalue weighted by molar-refractivity contribution is 5.79. The molecule has 0 bridgehead atoms. The van der Waals surface area contributed by atoms with Crippen LogP contribution in [0.25, 0.3) is 5.65 Å². The Bertz CT molecular complexity index is 938. The predicted octanol–water partition coefficient (Wildman–Crippen LogP) is 2.93. The average molecular weight is 421 g/mol. The number of carbonyl (C=O) groups is 2. The molecular weight excluding hydrogens is 396 g/mol. The third-order valence-corrected chi connectivity index (χ3v) is 6.08. The Morgan fingerprint density at radius 2 is 2.10 bits per heavy atom. The van der Waals surface area contributed by atoms with Gasteiger partial charge in [-0.15, -0.1) is 0 Å². The lowest BCUT2D eigenvalue weighted by Crippen LogP contribution is -2.37. The molecule has 1 aliphatic carbocycles. The Hall–Kier alpha value is -2.78. The zero-order valence-corrected chi connectivity index (χ0v) is 16.5. The Morgan fingerprint density at radius 1 is 1.33 bits per heavy atom. The molecule has 0 unspecified atom stereocenters. The van der Waals surface area contributed by atoms with Gasteiger partial charge in [0.2, 0.25) is 11.8 Å². The average Bonchev–Trinajstić information content (AvgIpc) is 3.11. The number of imidazole rings is 1. The van der Waals surface area contributed by atoms with Crippen molar-refractivity contribution in [3.8, 4) is 0 Å². The number of nitrogens with one attached hydrogen (secondary N) is 2. The van der Waals surface area contributed by atoms with E-state index in [1.165, 1.54) is 0 Å². The summed E-state index contributed by atoms with van der Waals surface area (Å²) in [5.74, 6) is -3.02. The van der Waals surface area contributed by atoms with Gasteiger partial charge in [-0.3, -0.25) is 4.79 Å². The molecule has 0 spiro atoms. The fourth-order valence-corrected chi connectivity index (χ4v) is 4.44. The molecule has 10 heteroatoms. The van der Waals surface area contributed by atoms with Crippen molar-refractivity contribution in [3.63, 3.8) is 0 Å². The standard InChI is InChI=1S/C20H25F2N5O3/c21-20(22)7-5-12(6-8-20)17(25-19(29)30)15-11-27-16(24-15)4-3-14(26-27)10-13-2-1-9-23-18(13)28/h3-4,11-13,17,25H,1-2,5-10H2,(H,23,28)(H,29,30)/t13-,17+/m1/s1. The van der Waals surface area contributed by atoms with Crippen LogP contribution in [-0.4, -0.2) is 44.2 Å². The van der Waals surface area contributed by atoms with Gasteiger partial charge in [0.05, 0.1) is 23.6 Å². The highest BCUT2D eigenvalue weighted by atomic mass is 19.3. The van der Waals surface area contributed by atoms with Crippen LogP contribution in [0.3, 0.4) is 0 Å². The SMILES string of the molecule is O=C(O)N[C@H](c1cn2nc(C[C@H]3CCCNC3=O)ccc2n1)C1CCC(F)(F)CC1. The molecule has 2 atom stereocenters. The van der Waals surface area contributed by atoms with Crippen LogP contribution in [0, 0.1) is 11.8 Å². The minimum atomic E-state index is -2.69. The summed E-state index contributed by atoms with van der Waals surface area (Å²) in [4.78, 5) is 27.8. The second-order valence-electron chi connectivity index (χ2n) is 8.25. The number of rotatable bonds is 5. The van der Waals surface area contributed by atoms with Crippen molar-refractivity contribution in [2.75, 3.05) is 6.54 Å². The Labute approximate surface area is 172 Å². The topological polar surface area (TPSA) is 109 Å². The molecule has 0 aromatic carbocycles. The minimum absolute atomic E-state index is 0.0364. The van der Waals surface area contributed by atoms with Crippen molar-refractivity contribution < 1.29 is 23.5 Å². The molecule has 2 aromatic rings. The minimum Gasteiger partial charge on any atom is -0.465 e. The molecular formula is C20H25F2N5O3. The molecule has 3 N–H and O–H groups in total. The van der Waals surface area contributed by atoms with Gasteiger partial charge in [0.25, 0.3) is 0 Å². The van der Waals surface area contributed by atoms with E-state index in [0.29, 0.717) is 24.3 Å². The fraction of sp³-hybridized carbons (Fsp3) is 0.600. The first-order valence-electron chi connectivity index (χ1n) is 10.3. The number of hydrogen-bond acceptors (Lipinski definition) is 4. The smallest absolute Gasteiger partial charge is 0.405 e. The van der Waals surface area contributed by atoms with Crippen molar-refractivity contribution >= 4 is 17.6 Å². The van der Waals surface area contributed by atoms with E-state index >= 15 is 0 Å². The molecule has 162 valence electrons. The third-order valence-electron chi connectivity index (χ3n) is 6.08. The van der Waals surface area contributed by atoms with Crippen LogP contribution in [0.1, 0.15) is 56.0 Å². The number of piperidine rings is 1. The van der Waals surface area contributed by atoms with E-state index < -0.39 is 18.1 Å². The maximum absolute atomic E-state index is 13.5. The molecule has 2 aliphatic rings. The molecule has 2 fully saturated rings. The molecule has 1 aliphatic heterocycles. The van der Waals surface area contributed by atoms with Gasteiger partial charge in [-0.1, -0.05) is 0 Å². The van der Waals surface area contributed by atoms with Crippen LogP contribution >= 0.6 is 0 Å². The number of carbonyl (C=O) groups excluding carboxylic acids is 1. The first kappa shape index (κ1) is 20.5. The number of halogens is 2. The third kappa shape index (κ3) is 4.52. The first-order chi connectivity index (χ1) is 14.3. The van der Waals surface area contributed by atoms with Crippen molar-refractivity contribution in [1.82, 2.24) is 25.2 Å². The van der Waals surface area contributed by atoms with Gasteiger partial charge in [0, 0.05) is 31.7 Å². The summed E-state index contributed by atoms with van der Waals surface area (Å²) in [5.41, 5.74) is 1.75. The molecule has 3 heterocycles. The number of nitrogens with zero attached hydrogens (tertiary/aromatic N) is 3. The Balaban J connectivity index is 1.55. The molecule has 4 rings (SSSR count). The van der Waals surface area contributed by atoms with Crippen molar-refractivity contribution in [1.29, 1.82) is 0 Å². The van der Waals surface area contributed by atoms with Crippen molar-refractivity contribution in [3.05, 3.63) is 29.7 Å². The summed E-state index contributed by atoms with van der Waals surface area (Å²) in [7, 11) is 0.